The molecule has 2 aromatic rings. The van der Waals surface area contributed by atoms with Gasteiger partial charge in [-0.3, -0.25) is 0 Å². The first-order valence-electron chi connectivity index (χ1n) is 5.49. The molecule has 102 valence electrons. The fourth-order valence-electron chi connectivity index (χ4n) is 1.63. The van der Waals surface area contributed by atoms with Crippen molar-refractivity contribution in [2.24, 2.45) is 5.14 Å². The predicted octanol–water partition coefficient (Wildman–Crippen LogP) is 2.75. The maximum absolute atomic E-state index is 11.3. The third-order valence-electron chi connectivity index (χ3n) is 2.68. The van der Waals surface area contributed by atoms with Gasteiger partial charge in [0.15, 0.2) is 0 Å². The van der Waals surface area contributed by atoms with Crippen LogP contribution in [0.15, 0.2) is 46.1 Å². The van der Waals surface area contributed by atoms with Crippen molar-refractivity contribution >= 4 is 27.3 Å². The highest BCUT2D eigenvalue weighted by atomic mass is 35.5. The second kappa shape index (κ2) is 5.24. The smallest absolute Gasteiger partial charge is 0.238 e. The summed E-state index contributed by atoms with van der Waals surface area (Å²) in [5, 5.41) is 8.62. The predicted molar refractivity (Wildman–Crippen MR) is 73.6 cm³/mol. The van der Waals surface area contributed by atoms with E-state index in [1.165, 1.54) is 18.2 Å². The van der Waals surface area contributed by atoms with E-state index in [0.29, 0.717) is 10.7 Å². The molecule has 1 atom stereocenters. The molecule has 0 saturated heterocycles. The van der Waals surface area contributed by atoms with Gasteiger partial charge in [-0.05, 0) is 31.2 Å². The zero-order valence-electron chi connectivity index (χ0n) is 10.1. The number of sulfonamides is 1. The Morgan fingerprint density at radius 2 is 2.11 bits per heavy atom. The SMILES string of the molecule is CC(Nc1cc(S(N)(=O)=O)ccc1Cl)c1ccoc1. The van der Waals surface area contributed by atoms with Crippen LogP contribution in [-0.2, 0) is 10.0 Å². The average Bonchev–Trinajstić information content (AvgIpc) is 2.84. The van der Waals surface area contributed by atoms with Crippen molar-refractivity contribution in [3.63, 3.8) is 0 Å². The van der Waals surface area contributed by atoms with E-state index in [9.17, 15) is 8.42 Å². The minimum Gasteiger partial charge on any atom is -0.472 e. The van der Waals surface area contributed by atoms with Gasteiger partial charge in [0.1, 0.15) is 0 Å². The van der Waals surface area contributed by atoms with Crippen LogP contribution in [-0.4, -0.2) is 8.42 Å². The van der Waals surface area contributed by atoms with Crippen LogP contribution in [0.25, 0.3) is 0 Å². The molecule has 1 heterocycles. The Morgan fingerprint density at radius 3 is 2.68 bits per heavy atom. The first-order chi connectivity index (χ1) is 8.88. The first-order valence-corrected chi connectivity index (χ1v) is 7.41. The summed E-state index contributed by atoms with van der Waals surface area (Å²) in [6.45, 7) is 1.91. The van der Waals surface area contributed by atoms with E-state index >= 15 is 0 Å². The lowest BCUT2D eigenvalue weighted by Gasteiger charge is -2.15. The molecule has 2 rings (SSSR count). The van der Waals surface area contributed by atoms with Crippen molar-refractivity contribution in [1.82, 2.24) is 0 Å². The highest BCUT2D eigenvalue weighted by Gasteiger charge is 2.13. The number of hydrogen-bond acceptors (Lipinski definition) is 4. The summed E-state index contributed by atoms with van der Waals surface area (Å²) in [7, 11) is -3.75. The summed E-state index contributed by atoms with van der Waals surface area (Å²) in [5.41, 5.74) is 1.43. The molecule has 0 saturated carbocycles. The molecule has 0 aliphatic heterocycles. The molecule has 0 aliphatic carbocycles. The lowest BCUT2D eigenvalue weighted by molar-refractivity contribution is 0.562. The summed E-state index contributed by atoms with van der Waals surface area (Å²) in [6.07, 6.45) is 3.17. The van der Waals surface area contributed by atoms with Crippen molar-refractivity contribution < 1.29 is 12.8 Å². The van der Waals surface area contributed by atoms with Gasteiger partial charge >= 0.3 is 0 Å². The van der Waals surface area contributed by atoms with Crippen molar-refractivity contribution in [3.05, 3.63) is 47.4 Å². The topological polar surface area (TPSA) is 85.3 Å². The van der Waals surface area contributed by atoms with Gasteiger partial charge in [-0.25, -0.2) is 13.6 Å². The number of rotatable bonds is 4. The van der Waals surface area contributed by atoms with Gasteiger partial charge in [0.25, 0.3) is 0 Å². The average molecular weight is 301 g/mol. The van der Waals surface area contributed by atoms with Gasteiger partial charge in [0.05, 0.1) is 34.2 Å². The Kier molecular flexibility index (Phi) is 3.84. The van der Waals surface area contributed by atoms with E-state index in [2.05, 4.69) is 5.32 Å². The Balaban J connectivity index is 2.30. The normalized spacial score (nSPS) is 13.2. The number of nitrogens with one attached hydrogen (secondary N) is 1. The Morgan fingerprint density at radius 1 is 1.37 bits per heavy atom. The van der Waals surface area contributed by atoms with Gasteiger partial charge in [-0.15, -0.1) is 0 Å². The maximum atomic E-state index is 11.3. The van der Waals surface area contributed by atoms with Crippen LogP contribution in [0, 0.1) is 0 Å². The van der Waals surface area contributed by atoms with Gasteiger partial charge in [-0.1, -0.05) is 11.6 Å². The molecule has 0 radical (unpaired) electrons. The maximum Gasteiger partial charge on any atom is 0.238 e. The van der Waals surface area contributed by atoms with Crippen LogP contribution in [0.4, 0.5) is 5.69 Å². The van der Waals surface area contributed by atoms with Crippen LogP contribution in [0.1, 0.15) is 18.5 Å². The van der Waals surface area contributed by atoms with Crippen LogP contribution >= 0.6 is 11.6 Å². The summed E-state index contributed by atoms with van der Waals surface area (Å²) in [5.74, 6) is 0. The fraction of sp³-hybridized carbons (Fsp3) is 0.167. The molecule has 3 N–H and O–H groups in total. The molecule has 1 unspecified atom stereocenters. The number of primary sulfonamides is 1. The molecule has 0 aliphatic rings. The molecule has 19 heavy (non-hydrogen) atoms. The molecular weight excluding hydrogens is 288 g/mol. The number of anilines is 1. The van der Waals surface area contributed by atoms with E-state index in [-0.39, 0.29) is 10.9 Å². The Bertz CT molecular complexity index is 668. The largest absolute Gasteiger partial charge is 0.472 e. The van der Waals surface area contributed by atoms with E-state index in [0.717, 1.165) is 5.56 Å². The lowest BCUT2D eigenvalue weighted by Crippen LogP contribution is -2.13. The minimum absolute atomic E-state index is 0.0128. The molecule has 5 nitrogen and oxygen atoms in total. The van der Waals surface area contributed by atoms with Crippen LogP contribution in [0.2, 0.25) is 5.02 Å². The van der Waals surface area contributed by atoms with Gasteiger partial charge in [0, 0.05) is 5.56 Å². The molecule has 1 aromatic carbocycles. The van der Waals surface area contributed by atoms with Crippen molar-refractivity contribution in [1.29, 1.82) is 0 Å². The molecule has 0 amide bonds. The fourth-order valence-corrected chi connectivity index (χ4v) is 2.34. The number of halogens is 1. The van der Waals surface area contributed by atoms with E-state index in [1.54, 1.807) is 12.5 Å². The summed E-state index contributed by atoms with van der Waals surface area (Å²) >= 11 is 6.03. The van der Waals surface area contributed by atoms with E-state index in [4.69, 9.17) is 21.2 Å². The second-order valence-electron chi connectivity index (χ2n) is 4.11. The standard InChI is InChI=1S/C12H13ClN2O3S/c1-8(9-4-5-18-7-9)15-12-6-10(19(14,16)17)2-3-11(12)13/h2-8,15H,1H3,(H2,14,16,17). The molecule has 0 bridgehead atoms. The third kappa shape index (κ3) is 3.28. The van der Waals surface area contributed by atoms with E-state index < -0.39 is 10.0 Å². The summed E-state index contributed by atoms with van der Waals surface area (Å²) in [6, 6.07) is 6.01. The molecular formula is C12H13ClN2O3S. The van der Waals surface area contributed by atoms with E-state index in [1.807, 2.05) is 13.0 Å². The monoisotopic (exact) mass is 300 g/mol. The minimum atomic E-state index is -3.75. The highest BCUT2D eigenvalue weighted by molar-refractivity contribution is 7.89. The molecule has 0 spiro atoms. The first kappa shape index (κ1) is 13.9. The zero-order chi connectivity index (χ0) is 14.0. The number of benzene rings is 1. The van der Waals surface area contributed by atoms with Gasteiger partial charge in [-0.2, -0.15) is 0 Å². The van der Waals surface area contributed by atoms with Crippen molar-refractivity contribution in [3.8, 4) is 0 Å². The summed E-state index contributed by atoms with van der Waals surface area (Å²) < 4.78 is 27.6. The van der Waals surface area contributed by atoms with Gasteiger partial charge < -0.3 is 9.73 Å². The summed E-state index contributed by atoms with van der Waals surface area (Å²) in [4.78, 5) is 0.0128. The van der Waals surface area contributed by atoms with Gasteiger partial charge in [0.2, 0.25) is 10.0 Å². The quantitative estimate of drug-likeness (QED) is 0.909. The van der Waals surface area contributed by atoms with Crippen LogP contribution in [0.3, 0.4) is 0 Å². The zero-order valence-corrected chi connectivity index (χ0v) is 11.7. The van der Waals surface area contributed by atoms with Crippen molar-refractivity contribution in [2.75, 3.05) is 5.32 Å². The number of nitrogens with two attached hydrogens (primary N) is 1. The Hall–Kier alpha value is -1.50. The third-order valence-corrected chi connectivity index (χ3v) is 3.92. The Labute approximate surface area is 116 Å². The highest BCUT2D eigenvalue weighted by Crippen LogP contribution is 2.28. The molecule has 7 heteroatoms. The lowest BCUT2D eigenvalue weighted by atomic mass is 10.1. The second-order valence-corrected chi connectivity index (χ2v) is 6.08. The van der Waals surface area contributed by atoms with Crippen molar-refractivity contribution in [2.45, 2.75) is 17.9 Å². The molecule has 0 fully saturated rings. The van der Waals surface area contributed by atoms with Crippen LogP contribution in [0.5, 0.6) is 0 Å². The number of furan rings is 1. The van der Waals surface area contributed by atoms with Crippen LogP contribution < -0.4 is 10.5 Å². The number of hydrogen-bond donors (Lipinski definition) is 2. The molecule has 1 aromatic heterocycles.